The highest BCUT2D eigenvalue weighted by Crippen LogP contribution is 2.19. The van der Waals surface area contributed by atoms with E-state index < -0.39 is 6.10 Å². The van der Waals surface area contributed by atoms with Crippen molar-refractivity contribution in [3.8, 4) is 0 Å². The molecule has 0 radical (unpaired) electrons. The third-order valence-electron chi connectivity index (χ3n) is 3.76. The van der Waals surface area contributed by atoms with Crippen molar-refractivity contribution in [3.63, 3.8) is 0 Å². The minimum Gasteiger partial charge on any atom is -0.395 e. The molecule has 3 rings (SSSR count). The molecule has 112 valence electrons. The van der Waals surface area contributed by atoms with Crippen LogP contribution in [0.2, 0.25) is 5.02 Å². The van der Waals surface area contributed by atoms with E-state index in [9.17, 15) is 15.0 Å². The highest BCUT2D eigenvalue weighted by Gasteiger charge is 2.30. The highest BCUT2D eigenvalue weighted by atomic mass is 35.5. The lowest BCUT2D eigenvalue weighted by molar-refractivity contribution is 0.148. The van der Waals surface area contributed by atoms with Gasteiger partial charge in [0.05, 0.1) is 23.4 Å². The zero-order valence-electron chi connectivity index (χ0n) is 11.3. The van der Waals surface area contributed by atoms with Crippen LogP contribution in [-0.4, -0.2) is 49.8 Å². The largest absolute Gasteiger partial charge is 0.395 e. The van der Waals surface area contributed by atoms with Crippen molar-refractivity contribution >= 4 is 17.2 Å². The molecule has 0 aliphatic carbocycles. The molecule has 1 saturated heterocycles. The molecule has 3 heterocycles. The maximum absolute atomic E-state index is 12.1. The molecule has 2 aromatic rings. The van der Waals surface area contributed by atoms with Gasteiger partial charge in [-0.25, -0.2) is 4.98 Å². The smallest absolute Gasteiger partial charge is 0.258 e. The predicted octanol–water partition coefficient (Wildman–Crippen LogP) is 0.275. The molecule has 2 aromatic heterocycles. The quantitative estimate of drug-likeness (QED) is 0.851. The molecule has 0 spiro atoms. The topological polar surface area (TPSA) is 78.1 Å². The second-order valence-corrected chi connectivity index (χ2v) is 5.75. The number of β-amino-alcohol motifs (C(OH)–C–C–N with tert-alkyl or cyclic N) is 1. The average Bonchev–Trinajstić information content (AvgIpc) is 2.80. The van der Waals surface area contributed by atoms with E-state index in [1.165, 1.54) is 16.7 Å². The number of aromatic nitrogens is 2. The van der Waals surface area contributed by atoms with Gasteiger partial charge in [-0.2, -0.15) is 0 Å². The van der Waals surface area contributed by atoms with Crippen LogP contribution in [0.15, 0.2) is 29.2 Å². The van der Waals surface area contributed by atoms with Gasteiger partial charge in [0.25, 0.3) is 5.56 Å². The summed E-state index contributed by atoms with van der Waals surface area (Å²) in [6.45, 7) is 0.892. The zero-order chi connectivity index (χ0) is 15.0. The first-order chi connectivity index (χ1) is 10.1. The van der Waals surface area contributed by atoms with Crippen LogP contribution in [0.5, 0.6) is 0 Å². The molecule has 1 fully saturated rings. The summed E-state index contributed by atoms with van der Waals surface area (Å²) in [6.07, 6.45) is 1.63. The fourth-order valence-corrected chi connectivity index (χ4v) is 2.92. The van der Waals surface area contributed by atoms with Crippen LogP contribution in [0.3, 0.4) is 0 Å². The Kier molecular flexibility index (Phi) is 3.95. The molecule has 1 aliphatic heterocycles. The van der Waals surface area contributed by atoms with E-state index in [0.29, 0.717) is 35.9 Å². The maximum Gasteiger partial charge on any atom is 0.258 e. The molecule has 2 atom stereocenters. The lowest BCUT2D eigenvalue weighted by atomic mass is 10.2. The summed E-state index contributed by atoms with van der Waals surface area (Å²) in [7, 11) is 0. The standard InChI is InChI=1S/C14H16ClN3O3/c15-9-1-2-13-16-10(3-14(21)18(13)5-9)6-17-7-12(20)4-11(17)8-19/h1-3,5,11-12,19-20H,4,6-8H2/t11-,12-/m0/s1. The molecule has 0 saturated carbocycles. The summed E-state index contributed by atoms with van der Waals surface area (Å²) in [5.41, 5.74) is 0.954. The van der Waals surface area contributed by atoms with E-state index in [4.69, 9.17) is 11.6 Å². The Labute approximate surface area is 126 Å². The average molecular weight is 310 g/mol. The van der Waals surface area contributed by atoms with Crippen LogP contribution in [0, 0.1) is 0 Å². The van der Waals surface area contributed by atoms with Crippen LogP contribution in [0.4, 0.5) is 0 Å². The normalized spacial score (nSPS) is 23.0. The number of rotatable bonds is 3. The summed E-state index contributed by atoms with van der Waals surface area (Å²) in [5.74, 6) is 0. The molecule has 1 aliphatic rings. The minimum atomic E-state index is -0.442. The molecule has 0 unspecified atom stereocenters. The maximum atomic E-state index is 12.1. The monoisotopic (exact) mass is 309 g/mol. The van der Waals surface area contributed by atoms with Crippen molar-refractivity contribution < 1.29 is 10.2 Å². The van der Waals surface area contributed by atoms with E-state index in [-0.39, 0.29) is 18.2 Å². The Morgan fingerprint density at radius 3 is 3.00 bits per heavy atom. The second kappa shape index (κ2) is 5.73. The van der Waals surface area contributed by atoms with E-state index >= 15 is 0 Å². The fraction of sp³-hybridized carbons (Fsp3) is 0.429. The summed E-state index contributed by atoms with van der Waals surface area (Å²) in [6, 6.07) is 4.74. The van der Waals surface area contributed by atoms with E-state index in [1.54, 1.807) is 12.1 Å². The van der Waals surface area contributed by atoms with Gasteiger partial charge in [0.15, 0.2) is 0 Å². The van der Waals surface area contributed by atoms with E-state index in [0.717, 1.165) is 0 Å². The van der Waals surface area contributed by atoms with Crippen LogP contribution in [-0.2, 0) is 6.54 Å². The second-order valence-electron chi connectivity index (χ2n) is 5.32. The van der Waals surface area contributed by atoms with Crippen molar-refractivity contribution in [3.05, 3.63) is 45.5 Å². The number of hydrogen-bond donors (Lipinski definition) is 2. The lowest BCUT2D eigenvalue weighted by Gasteiger charge is -2.21. The van der Waals surface area contributed by atoms with Gasteiger partial charge >= 0.3 is 0 Å². The van der Waals surface area contributed by atoms with Gasteiger partial charge < -0.3 is 10.2 Å². The third-order valence-corrected chi connectivity index (χ3v) is 3.98. The number of halogens is 1. The SMILES string of the molecule is O=c1cc(CN2C[C@@H](O)C[C@H]2CO)nc2ccc(Cl)cn12. The number of nitrogens with zero attached hydrogens (tertiary/aromatic N) is 3. The van der Waals surface area contributed by atoms with Crippen molar-refractivity contribution in [1.82, 2.24) is 14.3 Å². The molecule has 7 heteroatoms. The first-order valence-corrected chi connectivity index (χ1v) is 7.15. The third kappa shape index (κ3) is 2.94. The van der Waals surface area contributed by atoms with E-state index in [2.05, 4.69) is 4.98 Å². The van der Waals surface area contributed by atoms with Crippen molar-refractivity contribution in [1.29, 1.82) is 0 Å². The lowest BCUT2D eigenvalue weighted by Crippen LogP contribution is -2.32. The minimum absolute atomic E-state index is 0.0147. The summed E-state index contributed by atoms with van der Waals surface area (Å²) in [5, 5.41) is 19.5. The van der Waals surface area contributed by atoms with Crippen LogP contribution >= 0.6 is 11.6 Å². The Hall–Kier alpha value is -1.47. The molecule has 6 nitrogen and oxygen atoms in total. The summed E-state index contributed by atoms with van der Waals surface area (Å²) < 4.78 is 1.40. The Bertz CT molecular complexity index is 718. The summed E-state index contributed by atoms with van der Waals surface area (Å²) >= 11 is 5.87. The molecular formula is C14H16ClN3O3. The Morgan fingerprint density at radius 2 is 2.24 bits per heavy atom. The fourth-order valence-electron chi connectivity index (χ4n) is 2.76. The van der Waals surface area contributed by atoms with Crippen molar-refractivity contribution in [2.75, 3.05) is 13.2 Å². The molecule has 0 aromatic carbocycles. The molecule has 21 heavy (non-hydrogen) atoms. The molecular weight excluding hydrogens is 294 g/mol. The molecule has 0 amide bonds. The number of aliphatic hydroxyl groups excluding tert-OH is 2. The van der Waals surface area contributed by atoms with Crippen LogP contribution in [0.25, 0.3) is 5.65 Å². The van der Waals surface area contributed by atoms with Gasteiger partial charge in [-0.15, -0.1) is 0 Å². The van der Waals surface area contributed by atoms with Crippen molar-refractivity contribution in [2.45, 2.75) is 25.1 Å². The number of pyridine rings is 1. The van der Waals surface area contributed by atoms with Gasteiger partial charge in [0, 0.05) is 31.4 Å². The van der Waals surface area contributed by atoms with Crippen LogP contribution in [0.1, 0.15) is 12.1 Å². The van der Waals surface area contributed by atoms with Gasteiger partial charge in [0.1, 0.15) is 5.65 Å². The first kappa shape index (κ1) is 14.5. The highest BCUT2D eigenvalue weighted by molar-refractivity contribution is 6.30. The number of hydrogen-bond acceptors (Lipinski definition) is 5. The first-order valence-electron chi connectivity index (χ1n) is 6.77. The Balaban J connectivity index is 1.91. The van der Waals surface area contributed by atoms with Gasteiger partial charge in [-0.05, 0) is 18.6 Å². The predicted molar refractivity (Wildman–Crippen MR) is 78.4 cm³/mol. The summed E-state index contributed by atoms with van der Waals surface area (Å²) in [4.78, 5) is 18.5. The zero-order valence-corrected chi connectivity index (χ0v) is 12.1. The van der Waals surface area contributed by atoms with E-state index in [1.807, 2.05) is 4.90 Å². The van der Waals surface area contributed by atoms with Crippen LogP contribution < -0.4 is 5.56 Å². The number of likely N-dealkylation sites (tertiary alicyclic amines) is 1. The van der Waals surface area contributed by atoms with Gasteiger partial charge in [0.2, 0.25) is 0 Å². The number of aliphatic hydroxyl groups is 2. The molecule has 0 bridgehead atoms. The Morgan fingerprint density at radius 1 is 1.43 bits per heavy atom. The van der Waals surface area contributed by atoms with Gasteiger partial charge in [-0.3, -0.25) is 14.1 Å². The number of fused-ring (bicyclic) bond motifs is 1. The van der Waals surface area contributed by atoms with Gasteiger partial charge in [-0.1, -0.05) is 11.6 Å². The molecule has 2 N–H and O–H groups in total. The van der Waals surface area contributed by atoms with Crippen molar-refractivity contribution in [2.24, 2.45) is 0 Å².